The zero-order valence-corrected chi connectivity index (χ0v) is 64.1. The number of ether oxygens (including phenoxy) is 3. The van der Waals surface area contributed by atoms with Crippen LogP contribution < -0.4 is 14.2 Å². The first-order valence-electron chi connectivity index (χ1n) is 34.9. The van der Waals surface area contributed by atoms with Crippen LogP contribution in [-0.4, -0.2) is 117 Å². The zero-order chi connectivity index (χ0) is 87.6. The smallest absolute Gasteiger partial charge is 0.373 e. The van der Waals surface area contributed by atoms with E-state index in [1.165, 1.54) is 40.2 Å². The molecule has 17 rings (SSSR count). The second-order valence-electron chi connectivity index (χ2n) is 23.6. The largest absolute Gasteiger partial charge is 0.508 e. The number of nitrogens with zero attached hydrogens (tertiary/aromatic N) is 4. The quantitative estimate of drug-likeness (QED) is 0.0731. The number of carboxylic acid groups (broad SMARTS) is 5. The number of furan rings is 3. The highest BCUT2D eigenvalue weighted by molar-refractivity contribution is 5.92. The maximum Gasteiger partial charge on any atom is 0.373 e. The molecule has 15 aromatic rings. The van der Waals surface area contributed by atoms with Gasteiger partial charge in [-0.1, -0.05) is 121 Å². The first-order valence-corrected chi connectivity index (χ1v) is 34.9. The SMILES string of the molecule is Cc1cc(C(=O)O)c(C)o1.Cc1coc2ccccc12.Cn1ccc2ccccc21.O=C(O)c1ccc(-c2ccc(O)cc2)cc1.O=C(O)c1ccc(-n2ccnc2)cc1.O=C(O)c1cccc2c1COOC2.O=C(O)c1cccnc1Oc1ccccc1.O=C=O.O=C=O.O=C=O.O=C=O.c1ccc2c(c1)OCCO2.c1ccc2occc2c1. The summed E-state index contributed by atoms with van der Waals surface area (Å²) >= 11 is 0. The summed E-state index contributed by atoms with van der Waals surface area (Å²) in [5.74, 6) is -1.09. The van der Waals surface area contributed by atoms with Crippen molar-refractivity contribution in [2.45, 2.75) is 34.0 Å². The third kappa shape index (κ3) is 31.7. The fourth-order valence-electron chi connectivity index (χ4n) is 10.3. The van der Waals surface area contributed by atoms with Gasteiger partial charge in [0.15, 0.2) is 11.5 Å². The van der Waals surface area contributed by atoms with Gasteiger partial charge in [-0.3, -0.25) is 0 Å². The van der Waals surface area contributed by atoms with Gasteiger partial charge in [-0.05, 0) is 176 Å². The number of para-hydroxylation sites is 6. The van der Waals surface area contributed by atoms with Crippen LogP contribution in [0.1, 0.15) is 80.0 Å². The van der Waals surface area contributed by atoms with Crippen LogP contribution in [0.15, 0.2) is 306 Å². The number of fused-ring (bicyclic) bond motifs is 5. The third-order valence-corrected chi connectivity index (χ3v) is 15.8. The molecule has 0 fully saturated rings. The number of hydrogen-bond acceptors (Lipinski definition) is 24. The molecular formula is C89H74N4O27. The van der Waals surface area contributed by atoms with Crippen molar-refractivity contribution in [3.05, 3.63) is 348 Å². The van der Waals surface area contributed by atoms with Crippen molar-refractivity contribution < 1.29 is 130 Å². The Hall–Kier alpha value is -16.8. The second kappa shape index (κ2) is 51.8. The summed E-state index contributed by atoms with van der Waals surface area (Å²) in [4.78, 5) is 136. The number of hydrogen-bond donors (Lipinski definition) is 6. The van der Waals surface area contributed by atoms with E-state index in [4.69, 9.17) is 106 Å². The molecule has 0 unspecified atom stereocenters. The molecule has 2 aliphatic rings. The lowest BCUT2D eigenvalue weighted by Gasteiger charge is -2.17. The number of imidazole rings is 1. The van der Waals surface area contributed by atoms with E-state index in [2.05, 4.69) is 64.2 Å². The Bertz CT molecular complexity index is 5650. The third-order valence-electron chi connectivity index (χ3n) is 15.8. The molecule has 120 heavy (non-hydrogen) atoms. The van der Waals surface area contributed by atoms with Gasteiger partial charge in [-0.15, -0.1) is 0 Å². The lowest BCUT2D eigenvalue weighted by molar-refractivity contribution is -0.322. The number of carbonyl (C=O) groups is 5. The molecule has 0 aliphatic carbocycles. The lowest BCUT2D eigenvalue weighted by Crippen LogP contribution is -2.14. The molecule has 612 valence electrons. The molecule has 8 heterocycles. The van der Waals surface area contributed by atoms with Crippen LogP contribution in [0.25, 0.3) is 49.7 Å². The molecule has 0 radical (unpaired) electrons. The number of aromatic nitrogens is 4. The fraction of sp³-hybridized carbons (Fsp3) is 0.0899. The summed E-state index contributed by atoms with van der Waals surface area (Å²) in [6, 6.07) is 74.7. The van der Waals surface area contributed by atoms with E-state index in [0.717, 1.165) is 50.4 Å². The molecule has 0 saturated carbocycles. The van der Waals surface area contributed by atoms with Gasteiger partial charge < -0.3 is 67.2 Å². The topological polar surface area (TPSA) is 464 Å². The molecule has 9 aromatic carbocycles. The summed E-state index contributed by atoms with van der Waals surface area (Å²) in [6.07, 6.45) is 13.2. The van der Waals surface area contributed by atoms with Crippen molar-refractivity contribution in [3.8, 4) is 45.7 Å². The van der Waals surface area contributed by atoms with Gasteiger partial charge in [0.1, 0.15) is 71.7 Å². The van der Waals surface area contributed by atoms with E-state index in [9.17, 15) is 24.0 Å². The van der Waals surface area contributed by atoms with Crippen LogP contribution in [-0.2, 0) is 68.4 Å². The maximum absolute atomic E-state index is 10.9. The van der Waals surface area contributed by atoms with Crippen LogP contribution in [0.4, 0.5) is 0 Å². The highest BCUT2D eigenvalue weighted by atomic mass is 17.2. The van der Waals surface area contributed by atoms with Gasteiger partial charge in [0, 0.05) is 59.4 Å². The lowest BCUT2D eigenvalue weighted by atomic mass is 10.0. The molecule has 0 spiro atoms. The molecule has 6 aromatic heterocycles. The summed E-state index contributed by atoms with van der Waals surface area (Å²) in [5, 5.41) is 56.6. The number of aromatic hydroxyl groups is 1. The second-order valence-corrected chi connectivity index (χ2v) is 23.6. The summed E-state index contributed by atoms with van der Waals surface area (Å²) in [6.45, 7) is 7.25. The predicted molar refractivity (Wildman–Crippen MR) is 424 cm³/mol. The minimum absolute atomic E-state index is 0.0475. The van der Waals surface area contributed by atoms with Gasteiger partial charge in [0.05, 0.1) is 35.5 Å². The predicted octanol–water partition coefficient (Wildman–Crippen LogP) is 16.3. The van der Waals surface area contributed by atoms with Crippen LogP contribution in [0, 0.1) is 20.8 Å². The number of aryl methyl sites for hydroxylation is 4. The molecular weight excluding hydrogens is 1560 g/mol. The van der Waals surface area contributed by atoms with Gasteiger partial charge in [0.2, 0.25) is 5.88 Å². The number of aromatic carboxylic acids is 5. The Morgan fingerprint density at radius 1 is 0.467 bits per heavy atom. The van der Waals surface area contributed by atoms with Gasteiger partial charge in [-0.25, -0.2) is 43.7 Å². The molecule has 0 bridgehead atoms. The number of carbonyl (C=O) groups excluding carboxylic acids is 8. The average molecular weight is 1630 g/mol. The monoisotopic (exact) mass is 1630 g/mol. The Morgan fingerprint density at radius 3 is 1.51 bits per heavy atom. The first kappa shape index (κ1) is 93.8. The molecule has 0 atom stereocenters. The van der Waals surface area contributed by atoms with E-state index in [0.29, 0.717) is 48.2 Å². The first-order chi connectivity index (χ1) is 57.9. The molecule has 6 N–H and O–H groups in total. The average Bonchev–Trinajstić information content (AvgIpc) is 0.992. The van der Waals surface area contributed by atoms with Crippen LogP contribution in [0.2, 0.25) is 0 Å². The Labute approximate surface area is 681 Å². The van der Waals surface area contributed by atoms with E-state index in [1.807, 2.05) is 96.4 Å². The standard InChI is InChI=1S/C13H10O3.C12H9NO3.C10H8N2O2.C9H9N.C9H8O4.C9H8O.C8H8O2.C8H6O.C7H8O3.4CO2/c14-12-7-5-10(6-8-12)9-1-3-11(4-2-9)13(15)16;14-12(15)10-7-4-8-13-11(10)16-9-5-2-1-3-6-9;13-10(14)8-1-3-9(4-2-8)12-6-5-11-7-12;1-10-7-6-8-4-2-3-5-9(8)10;10-9(11)7-3-1-2-6-4-12-13-5-8(6)7;1-7-6-10-9-5-3-2-4-8(7)9;1-2-4-8-7(3-1)9-5-6-10-8;1-2-4-8-7(3-1)5-6-9-8;1-4-3-6(7(8)9)5(2)10-4;4*2-1-3/h1-8,14H,(H,15,16);1-8H,(H,14,15);1-7H,(H,13,14);2-7H,1H3;1-3H,4-5H2,(H,10,11);2-6H,1H3;1-4H,5-6H2;1-6H;3H,1-2H3,(H,8,9);;;;. The summed E-state index contributed by atoms with van der Waals surface area (Å²) in [7, 11) is 2.06. The molecule has 31 heteroatoms. The molecule has 31 nitrogen and oxygen atoms in total. The van der Waals surface area contributed by atoms with Gasteiger partial charge >= 0.3 is 54.5 Å². The van der Waals surface area contributed by atoms with Gasteiger partial charge in [-0.2, -0.15) is 38.4 Å². The minimum Gasteiger partial charge on any atom is -0.508 e. The van der Waals surface area contributed by atoms with E-state index in [-0.39, 0.29) is 65.1 Å². The molecule has 0 amide bonds. The van der Waals surface area contributed by atoms with E-state index < -0.39 is 29.8 Å². The Kier molecular flexibility index (Phi) is 40.5. The van der Waals surface area contributed by atoms with Crippen molar-refractivity contribution in [2.75, 3.05) is 13.2 Å². The summed E-state index contributed by atoms with van der Waals surface area (Å²) < 4.78 is 35.3. The normalized spacial score (nSPS) is 10.3. The van der Waals surface area contributed by atoms with Crippen molar-refractivity contribution in [1.29, 1.82) is 0 Å². The van der Waals surface area contributed by atoms with Crippen LogP contribution in [0.3, 0.4) is 0 Å². The maximum atomic E-state index is 10.9. The number of carboxylic acids is 5. The number of pyridine rings is 1. The van der Waals surface area contributed by atoms with Gasteiger partial charge in [0.25, 0.3) is 0 Å². The van der Waals surface area contributed by atoms with Crippen molar-refractivity contribution >= 4 is 87.3 Å². The fourth-order valence-corrected chi connectivity index (χ4v) is 10.3. The highest BCUT2D eigenvalue weighted by Crippen LogP contribution is 2.29. The zero-order valence-electron chi connectivity index (χ0n) is 64.1. The minimum atomic E-state index is -1.06. The van der Waals surface area contributed by atoms with E-state index >= 15 is 0 Å². The number of rotatable bonds is 9. The molecule has 0 saturated heterocycles. The number of benzene rings is 9. The Balaban J connectivity index is 0.000000237. The van der Waals surface area contributed by atoms with Crippen molar-refractivity contribution in [1.82, 2.24) is 19.1 Å². The van der Waals surface area contributed by atoms with Crippen LogP contribution in [0.5, 0.6) is 28.9 Å². The van der Waals surface area contributed by atoms with Crippen molar-refractivity contribution in [3.63, 3.8) is 0 Å². The number of phenolic OH excluding ortho intramolecular Hbond substituents is 1. The number of phenols is 1. The van der Waals surface area contributed by atoms with E-state index in [1.54, 1.807) is 160 Å². The summed E-state index contributed by atoms with van der Waals surface area (Å²) in [5.41, 5.74) is 9.91. The highest BCUT2D eigenvalue weighted by Gasteiger charge is 2.18. The van der Waals surface area contributed by atoms with Crippen LogP contribution >= 0.6 is 0 Å². The molecule has 2 aliphatic heterocycles. The van der Waals surface area contributed by atoms with Crippen molar-refractivity contribution in [2.24, 2.45) is 7.05 Å². The Morgan fingerprint density at radius 2 is 0.983 bits per heavy atom.